The normalized spacial score (nSPS) is 14.0. The quantitative estimate of drug-likeness (QED) is 0.204. The number of nitrogens with zero attached hydrogens (tertiary/aromatic N) is 3. The first kappa shape index (κ1) is 29.7. The Morgan fingerprint density at radius 3 is 2.50 bits per heavy atom. The van der Waals surface area contributed by atoms with E-state index in [9.17, 15) is 14.7 Å². The van der Waals surface area contributed by atoms with Crippen molar-refractivity contribution in [1.29, 1.82) is 0 Å². The Morgan fingerprint density at radius 1 is 1.07 bits per heavy atom. The molecule has 0 aliphatic carbocycles. The van der Waals surface area contributed by atoms with Crippen molar-refractivity contribution in [1.82, 2.24) is 9.97 Å². The number of rotatable bonds is 6. The predicted molar refractivity (Wildman–Crippen MR) is 174 cm³/mol. The lowest BCUT2D eigenvalue weighted by Gasteiger charge is -2.28. The van der Waals surface area contributed by atoms with Crippen molar-refractivity contribution < 1.29 is 24.2 Å². The fourth-order valence-corrected chi connectivity index (χ4v) is 6.56. The molecule has 0 saturated heterocycles. The molecule has 1 N–H and O–H groups in total. The largest absolute Gasteiger partial charge is 0.482 e. The van der Waals surface area contributed by atoms with E-state index in [0.717, 1.165) is 48.7 Å². The molecule has 1 aliphatic rings. The highest BCUT2D eigenvalue weighted by molar-refractivity contribution is 7.22. The minimum atomic E-state index is -1.19. The predicted octanol–water partition coefficient (Wildman–Crippen LogP) is 7.95. The maximum atomic E-state index is 12.6. The number of carbonyl (C=O) groups is 2. The Morgan fingerprint density at radius 2 is 1.80 bits per heavy atom. The second-order valence-electron chi connectivity index (χ2n) is 11.7. The lowest BCUT2D eigenvalue weighted by molar-refractivity contribution is -0.160. The molecule has 0 fully saturated rings. The van der Waals surface area contributed by atoms with Crippen molar-refractivity contribution in [2.45, 2.75) is 39.4 Å². The van der Waals surface area contributed by atoms with E-state index in [4.69, 9.17) is 26.1 Å². The van der Waals surface area contributed by atoms with Gasteiger partial charge in [-0.1, -0.05) is 23.7 Å². The number of hydrogen-bond donors (Lipinski definition) is 1. The number of carboxylic acid groups (broad SMARTS) is 1. The number of hydrogen-bond acceptors (Lipinski definition) is 7. The lowest BCUT2D eigenvalue weighted by Crippen LogP contribution is -2.35. The molecule has 3 heterocycles. The fraction of sp³-hybridized carbons (Fsp3) is 0.235. The zero-order valence-corrected chi connectivity index (χ0v) is 26.4. The van der Waals surface area contributed by atoms with Crippen molar-refractivity contribution in [3.63, 3.8) is 0 Å². The van der Waals surface area contributed by atoms with E-state index >= 15 is 0 Å². The summed E-state index contributed by atoms with van der Waals surface area (Å²) in [4.78, 5) is 36.0. The topological polar surface area (TPSA) is 102 Å². The number of carboxylic acids is 1. The third-order valence-corrected chi connectivity index (χ3v) is 8.76. The number of pyridine rings is 1. The van der Waals surface area contributed by atoms with Gasteiger partial charge in [-0.05, 0) is 87.4 Å². The molecular weight excluding hydrogens is 598 g/mol. The number of amides is 1. The third-order valence-electron chi connectivity index (χ3n) is 7.37. The van der Waals surface area contributed by atoms with Gasteiger partial charge in [0, 0.05) is 40.5 Å². The molecule has 8 nitrogen and oxygen atoms in total. The molecule has 0 spiro atoms. The number of fused-ring (bicyclic) bond motifs is 2. The summed E-state index contributed by atoms with van der Waals surface area (Å²) in [7, 11) is 1.73. The second-order valence-corrected chi connectivity index (χ2v) is 13.1. The fourth-order valence-electron chi connectivity index (χ4n) is 5.32. The monoisotopic (exact) mass is 627 g/mol. The van der Waals surface area contributed by atoms with E-state index in [1.165, 1.54) is 11.3 Å². The van der Waals surface area contributed by atoms with Gasteiger partial charge in [0.15, 0.2) is 12.7 Å². The molecule has 224 valence electrons. The average Bonchev–Trinajstić information content (AvgIpc) is 3.41. The molecule has 6 rings (SSSR count). The summed E-state index contributed by atoms with van der Waals surface area (Å²) < 4.78 is 12.6. The Balaban J connectivity index is 1.50. The SMILES string of the molecule is Cc1cc2nc(-c3ccnc(-c4ccc5c(c4)N(C)C(=O)CO5)c3)sc2c(-c2ccc(Cl)cc2)c1C(OC(C)(C)C)C(=O)O. The zero-order valence-electron chi connectivity index (χ0n) is 24.8. The van der Waals surface area contributed by atoms with E-state index in [1.54, 1.807) is 30.3 Å². The van der Waals surface area contributed by atoms with Crippen LogP contribution in [0, 0.1) is 6.92 Å². The van der Waals surface area contributed by atoms with E-state index in [0.29, 0.717) is 22.0 Å². The molecule has 2 aromatic heterocycles. The molecule has 44 heavy (non-hydrogen) atoms. The highest BCUT2D eigenvalue weighted by Gasteiger charge is 2.32. The van der Waals surface area contributed by atoms with Crippen LogP contribution in [0.4, 0.5) is 5.69 Å². The van der Waals surface area contributed by atoms with Gasteiger partial charge >= 0.3 is 5.97 Å². The number of thiazole rings is 1. The summed E-state index contributed by atoms with van der Waals surface area (Å²) in [6.07, 6.45) is 0.539. The van der Waals surface area contributed by atoms with Crippen LogP contribution in [0.15, 0.2) is 66.9 Å². The van der Waals surface area contributed by atoms with E-state index in [2.05, 4.69) is 4.98 Å². The molecule has 3 aromatic carbocycles. The van der Waals surface area contributed by atoms with Gasteiger partial charge in [0.05, 0.1) is 27.2 Å². The number of anilines is 1. The molecule has 1 amide bonds. The minimum Gasteiger partial charge on any atom is -0.482 e. The smallest absolute Gasteiger partial charge is 0.337 e. The van der Waals surface area contributed by atoms with E-state index in [1.807, 2.05) is 76.2 Å². The summed E-state index contributed by atoms with van der Waals surface area (Å²) in [5, 5.41) is 11.7. The highest BCUT2D eigenvalue weighted by atomic mass is 35.5. The summed E-state index contributed by atoms with van der Waals surface area (Å²) in [6.45, 7) is 7.44. The highest BCUT2D eigenvalue weighted by Crippen LogP contribution is 2.45. The lowest BCUT2D eigenvalue weighted by atomic mass is 9.91. The average molecular weight is 628 g/mol. The number of aliphatic carboxylic acids is 1. The number of aryl methyl sites for hydroxylation is 1. The van der Waals surface area contributed by atoms with Crippen LogP contribution in [-0.2, 0) is 14.3 Å². The summed E-state index contributed by atoms with van der Waals surface area (Å²) in [5.41, 5.74) is 6.08. The van der Waals surface area contributed by atoms with Crippen LogP contribution in [0.2, 0.25) is 5.02 Å². The van der Waals surface area contributed by atoms with Gasteiger partial charge in [0.25, 0.3) is 5.91 Å². The van der Waals surface area contributed by atoms with Gasteiger partial charge in [-0.3, -0.25) is 9.78 Å². The molecular formula is C34H30ClN3O5S. The zero-order chi connectivity index (χ0) is 31.3. The van der Waals surface area contributed by atoms with Crippen molar-refractivity contribution >= 4 is 50.7 Å². The Hall–Kier alpha value is -4.31. The first-order valence-electron chi connectivity index (χ1n) is 14.0. The van der Waals surface area contributed by atoms with Crippen LogP contribution in [0.3, 0.4) is 0 Å². The van der Waals surface area contributed by atoms with Crippen LogP contribution in [0.25, 0.3) is 43.2 Å². The van der Waals surface area contributed by atoms with Gasteiger partial charge in [0.2, 0.25) is 0 Å². The summed E-state index contributed by atoms with van der Waals surface area (Å²) >= 11 is 7.71. The summed E-state index contributed by atoms with van der Waals surface area (Å²) in [6, 6.07) is 18.8. The number of aromatic nitrogens is 2. The van der Waals surface area contributed by atoms with Crippen molar-refractivity contribution in [2.75, 3.05) is 18.6 Å². The number of carbonyl (C=O) groups excluding carboxylic acids is 1. The van der Waals surface area contributed by atoms with Gasteiger partial charge in [0.1, 0.15) is 10.8 Å². The van der Waals surface area contributed by atoms with Crippen LogP contribution >= 0.6 is 22.9 Å². The number of benzene rings is 3. The number of halogens is 1. The van der Waals surface area contributed by atoms with Crippen LogP contribution in [-0.4, -0.2) is 46.2 Å². The molecule has 1 unspecified atom stereocenters. The Labute approximate surface area is 263 Å². The van der Waals surface area contributed by atoms with Gasteiger partial charge in [-0.25, -0.2) is 9.78 Å². The summed E-state index contributed by atoms with van der Waals surface area (Å²) in [5.74, 6) is -0.534. The van der Waals surface area contributed by atoms with Crippen LogP contribution in [0.5, 0.6) is 5.75 Å². The number of ether oxygens (including phenoxy) is 2. The van der Waals surface area contributed by atoms with Crippen molar-refractivity contribution in [3.05, 3.63) is 83.0 Å². The Bertz CT molecular complexity index is 1930. The molecule has 1 aliphatic heterocycles. The van der Waals surface area contributed by atoms with Gasteiger partial charge < -0.3 is 19.5 Å². The van der Waals surface area contributed by atoms with E-state index < -0.39 is 17.7 Å². The molecule has 1 atom stereocenters. The maximum absolute atomic E-state index is 12.6. The van der Waals surface area contributed by atoms with Crippen molar-refractivity contribution in [3.8, 4) is 38.7 Å². The first-order valence-corrected chi connectivity index (χ1v) is 15.2. The molecule has 10 heteroatoms. The second kappa shape index (κ2) is 11.3. The van der Waals surface area contributed by atoms with Crippen molar-refractivity contribution in [2.24, 2.45) is 0 Å². The van der Waals surface area contributed by atoms with Gasteiger partial charge in [-0.15, -0.1) is 11.3 Å². The minimum absolute atomic E-state index is 0.0168. The maximum Gasteiger partial charge on any atom is 0.337 e. The first-order chi connectivity index (χ1) is 20.9. The van der Waals surface area contributed by atoms with Crippen LogP contribution < -0.4 is 9.64 Å². The van der Waals surface area contributed by atoms with Crippen LogP contribution in [0.1, 0.15) is 38.0 Å². The molecule has 5 aromatic rings. The standard InChI is InChI=1S/C34H30ClN3O5S/c1-18-14-24-31(29(19-6-9-22(35)10-7-19)28(18)30(33(40)41)43-34(2,3)4)44-32(37-24)21-12-13-36-23(15-21)20-8-11-26-25(16-20)38(5)27(39)17-42-26/h6-16,30H,17H2,1-5H3,(H,40,41). The van der Waals surface area contributed by atoms with Gasteiger partial charge in [-0.2, -0.15) is 0 Å². The molecule has 0 saturated carbocycles. The van der Waals surface area contributed by atoms with E-state index in [-0.39, 0.29) is 12.5 Å². The molecule has 0 bridgehead atoms. The Kier molecular flexibility index (Phi) is 7.65. The molecule has 0 radical (unpaired) electrons. The third kappa shape index (κ3) is 5.66. The number of likely N-dealkylation sites (N-methyl/N-ethyl adjacent to an activating group) is 1.